The van der Waals surface area contributed by atoms with Crippen molar-refractivity contribution >= 4 is 16.8 Å². The minimum Gasteiger partial charge on any atom is -0.488 e. The minimum absolute atomic E-state index is 0.0301. The Bertz CT molecular complexity index is 839. The van der Waals surface area contributed by atoms with Crippen LogP contribution in [0.5, 0.6) is 5.75 Å². The van der Waals surface area contributed by atoms with Crippen molar-refractivity contribution in [3.8, 4) is 5.75 Å². The number of carbonyl (C=O) groups excluding carboxylic acids is 1. The fraction of sp³-hybridized carbons (Fsp3) is 0.286. The third-order valence-electron chi connectivity index (χ3n) is 4.34. The van der Waals surface area contributed by atoms with Gasteiger partial charge in [0.05, 0.1) is 5.52 Å². The van der Waals surface area contributed by atoms with Gasteiger partial charge in [-0.3, -0.25) is 4.79 Å². The lowest BCUT2D eigenvalue weighted by atomic mass is 10.2. The van der Waals surface area contributed by atoms with Crippen LogP contribution in [0.1, 0.15) is 25.8 Å². The first-order valence-electron chi connectivity index (χ1n) is 8.71. The van der Waals surface area contributed by atoms with Gasteiger partial charge in [-0.15, -0.1) is 0 Å². The molecule has 0 bridgehead atoms. The van der Waals surface area contributed by atoms with Crippen LogP contribution in [-0.4, -0.2) is 16.5 Å². The lowest BCUT2D eigenvalue weighted by Crippen LogP contribution is -2.34. The molecule has 1 amide bonds. The molecule has 1 aromatic heterocycles. The van der Waals surface area contributed by atoms with E-state index >= 15 is 0 Å². The van der Waals surface area contributed by atoms with E-state index in [1.54, 1.807) is 0 Å². The minimum atomic E-state index is 0.0301. The summed E-state index contributed by atoms with van der Waals surface area (Å²) in [6.45, 7) is 4.92. The summed E-state index contributed by atoms with van der Waals surface area (Å²) < 4.78 is 7.95. The van der Waals surface area contributed by atoms with Gasteiger partial charge in [-0.1, -0.05) is 43.3 Å². The van der Waals surface area contributed by atoms with Gasteiger partial charge in [0.15, 0.2) is 0 Å². The second-order valence-corrected chi connectivity index (χ2v) is 6.28. The molecule has 0 radical (unpaired) electrons. The summed E-state index contributed by atoms with van der Waals surface area (Å²) in [5.74, 6) is 0.866. The number of nitrogens with one attached hydrogen (secondary N) is 1. The van der Waals surface area contributed by atoms with Gasteiger partial charge in [0.2, 0.25) is 5.91 Å². The molecule has 4 heteroatoms. The third kappa shape index (κ3) is 4.21. The molecule has 0 aliphatic carbocycles. The summed E-state index contributed by atoms with van der Waals surface area (Å²) >= 11 is 0. The summed E-state index contributed by atoms with van der Waals surface area (Å²) in [6.07, 6.45) is 2.87. The quantitative estimate of drug-likeness (QED) is 0.705. The molecule has 0 saturated carbocycles. The Morgan fingerprint density at radius 3 is 2.68 bits per heavy atom. The van der Waals surface area contributed by atoms with Crippen LogP contribution in [0.4, 0.5) is 0 Å². The standard InChI is InChI=1S/C21H24N2O2/c1-3-16(2)22-21(24)14-23-13-12-18-19(23)10-7-11-20(18)25-15-17-8-5-4-6-9-17/h4-13,16H,3,14-15H2,1-2H3,(H,22,24). The van der Waals surface area contributed by atoms with Gasteiger partial charge in [0.25, 0.3) is 0 Å². The summed E-state index contributed by atoms with van der Waals surface area (Å²) in [5, 5.41) is 4.03. The van der Waals surface area contributed by atoms with Crippen molar-refractivity contribution in [2.75, 3.05) is 0 Å². The van der Waals surface area contributed by atoms with Crippen molar-refractivity contribution in [3.05, 3.63) is 66.4 Å². The normalized spacial score (nSPS) is 12.1. The summed E-state index contributed by atoms with van der Waals surface area (Å²) in [7, 11) is 0. The Balaban J connectivity index is 1.74. The summed E-state index contributed by atoms with van der Waals surface area (Å²) in [5.41, 5.74) is 2.14. The van der Waals surface area contributed by atoms with Crippen LogP contribution in [0.25, 0.3) is 10.9 Å². The fourth-order valence-corrected chi connectivity index (χ4v) is 2.77. The van der Waals surface area contributed by atoms with Crippen molar-refractivity contribution in [2.24, 2.45) is 0 Å². The van der Waals surface area contributed by atoms with Gasteiger partial charge in [-0.25, -0.2) is 0 Å². The Morgan fingerprint density at radius 1 is 1.12 bits per heavy atom. The number of carbonyl (C=O) groups is 1. The molecule has 3 rings (SSSR count). The van der Waals surface area contributed by atoms with E-state index in [4.69, 9.17) is 4.74 Å². The van der Waals surface area contributed by atoms with E-state index in [9.17, 15) is 4.79 Å². The van der Waals surface area contributed by atoms with E-state index in [0.717, 1.165) is 28.6 Å². The topological polar surface area (TPSA) is 43.3 Å². The van der Waals surface area contributed by atoms with Crippen LogP contribution in [0.2, 0.25) is 0 Å². The lowest BCUT2D eigenvalue weighted by molar-refractivity contribution is -0.122. The van der Waals surface area contributed by atoms with Crippen molar-refractivity contribution in [2.45, 2.75) is 39.5 Å². The molecule has 1 unspecified atom stereocenters. The SMILES string of the molecule is CCC(C)NC(=O)Cn1ccc2c(OCc3ccccc3)cccc21. The number of nitrogens with zero attached hydrogens (tertiary/aromatic N) is 1. The highest BCUT2D eigenvalue weighted by molar-refractivity contribution is 5.88. The molecule has 130 valence electrons. The monoisotopic (exact) mass is 336 g/mol. The van der Waals surface area contributed by atoms with Crippen LogP contribution in [0, 0.1) is 0 Å². The fourth-order valence-electron chi connectivity index (χ4n) is 2.77. The molecule has 1 N–H and O–H groups in total. The average molecular weight is 336 g/mol. The predicted octanol–water partition coefficient (Wildman–Crippen LogP) is 4.14. The highest BCUT2D eigenvalue weighted by Crippen LogP contribution is 2.27. The average Bonchev–Trinajstić information content (AvgIpc) is 3.04. The first-order valence-corrected chi connectivity index (χ1v) is 8.71. The Labute approximate surface area is 148 Å². The van der Waals surface area contributed by atoms with Crippen molar-refractivity contribution in [1.29, 1.82) is 0 Å². The maximum atomic E-state index is 12.2. The van der Waals surface area contributed by atoms with E-state index in [1.165, 1.54) is 0 Å². The number of benzene rings is 2. The Kier molecular flexibility index (Phi) is 5.39. The Morgan fingerprint density at radius 2 is 1.92 bits per heavy atom. The number of fused-ring (bicyclic) bond motifs is 1. The molecule has 0 aliphatic rings. The molecular weight excluding hydrogens is 312 g/mol. The first-order chi connectivity index (χ1) is 12.2. The molecule has 3 aromatic rings. The number of hydrogen-bond donors (Lipinski definition) is 1. The second kappa shape index (κ2) is 7.88. The van der Waals surface area contributed by atoms with E-state index < -0.39 is 0 Å². The van der Waals surface area contributed by atoms with E-state index in [0.29, 0.717) is 13.2 Å². The number of rotatable bonds is 7. The molecule has 4 nitrogen and oxygen atoms in total. The third-order valence-corrected chi connectivity index (χ3v) is 4.34. The number of amides is 1. The van der Waals surface area contributed by atoms with Gasteiger partial charge in [0.1, 0.15) is 18.9 Å². The zero-order valence-electron chi connectivity index (χ0n) is 14.7. The molecule has 25 heavy (non-hydrogen) atoms. The molecule has 1 atom stereocenters. The van der Waals surface area contributed by atoms with Gasteiger partial charge in [-0.2, -0.15) is 0 Å². The predicted molar refractivity (Wildman–Crippen MR) is 101 cm³/mol. The molecule has 0 fully saturated rings. The van der Waals surface area contributed by atoms with Gasteiger partial charge in [0, 0.05) is 17.6 Å². The Hall–Kier alpha value is -2.75. The van der Waals surface area contributed by atoms with Crippen molar-refractivity contribution in [1.82, 2.24) is 9.88 Å². The molecule has 0 aliphatic heterocycles. The van der Waals surface area contributed by atoms with Gasteiger partial charge in [-0.05, 0) is 37.1 Å². The smallest absolute Gasteiger partial charge is 0.240 e. The van der Waals surface area contributed by atoms with Crippen LogP contribution < -0.4 is 10.1 Å². The maximum absolute atomic E-state index is 12.2. The maximum Gasteiger partial charge on any atom is 0.240 e. The first kappa shape index (κ1) is 17.1. The van der Waals surface area contributed by atoms with Gasteiger partial charge >= 0.3 is 0 Å². The van der Waals surface area contributed by atoms with E-state index in [1.807, 2.05) is 72.3 Å². The van der Waals surface area contributed by atoms with Crippen LogP contribution in [0.15, 0.2) is 60.8 Å². The van der Waals surface area contributed by atoms with Crippen molar-refractivity contribution < 1.29 is 9.53 Å². The highest BCUT2D eigenvalue weighted by Gasteiger charge is 2.11. The molecule has 1 heterocycles. The number of ether oxygens (including phenoxy) is 1. The van der Waals surface area contributed by atoms with Crippen LogP contribution in [0.3, 0.4) is 0 Å². The highest BCUT2D eigenvalue weighted by atomic mass is 16.5. The molecule has 2 aromatic carbocycles. The summed E-state index contributed by atoms with van der Waals surface area (Å²) in [4.78, 5) is 12.2. The van der Waals surface area contributed by atoms with Gasteiger partial charge < -0.3 is 14.6 Å². The lowest BCUT2D eigenvalue weighted by Gasteiger charge is -2.13. The van der Waals surface area contributed by atoms with E-state index in [-0.39, 0.29) is 11.9 Å². The molecule has 0 spiro atoms. The van der Waals surface area contributed by atoms with Crippen LogP contribution in [-0.2, 0) is 17.9 Å². The molecular formula is C21H24N2O2. The largest absolute Gasteiger partial charge is 0.488 e. The second-order valence-electron chi connectivity index (χ2n) is 6.28. The van der Waals surface area contributed by atoms with Crippen molar-refractivity contribution in [3.63, 3.8) is 0 Å². The number of hydrogen-bond acceptors (Lipinski definition) is 2. The van der Waals surface area contributed by atoms with Crippen LogP contribution >= 0.6 is 0 Å². The molecule has 0 saturated heterocycles. The zero-order chi connectivity index (χ0) is 17.6. The van der Waals surface area contributed by atoms with E-state index in [2.05, 4.69) is 12.2 Å². The zero-order valence-corrected chi connectivity index (χ0v) is 14.7. The number of aromatic nitrogens is 1. The summed E-state index contributed by atoms with van der Waals surface area (Å²) in [6, 6.07) is 18.2.